The zero-order valence-electron chi connectivity index (χ0n) is 11.4. The summed E-state index contributed by atoms with van der Waals surface area (Å²) >= 11 is 0. The fourth-order valence-electron chi connectivity index (χ4n) is 2.53. The minimum Gasteiger partial charge on any atom is -0.481 e. The molecule has 0 heterocycles. The summed E-state index contributed by atoms with van der Waals surface area (Å²) in [6.45, 7) is 4.06. The molecule has 104 valence electrons. The Morgan fingerprint density at radius 2 is 2.11 bits per heavy atom. The van der Waals surface area contributed by atoms with Crippen LogP contribution < -0.4 is 5.32 Å². The fraction of sp³-hybridized carbons (Fsp3) is 0.857. The van der Waals surface area contributed by atoms with E-state index in [-0.39, 0.29) is 23.8 Å². The number of unbranched alkanes of at least 4 members (excludes halogenated alkanes) is 1. The first kappa shape index (κ1) is 15.0. The van der Waals surface area contributed by atoms with Gasteiger partial charge in [-0.15, -0.1) is 0 Å². The SMILES string of the molecule is CCCCC(C)C(=O)NC1CCCC(C(=O)O)C1. The molecule has 0 bridgehead atoms. The Bertz CT molecular complexity index is 291. The first-order chi connectivity index (χ1) is 8.54. The summed E-state index contributed by atoms with van der Waals surface area (Å²) in [7, 11) is 0. The molecule has 0 saturated heterocycles. The highest BCUT2D eigenvalue weighted by Crippen LogP contribution is 2.24. The van der Waals surface area contributed by atoms with Gasteiger partial charge in [0.25, 0.3) is 0 Å². The van der Waals surface area contributed by atoms with Crippen LogP contribution in [0.4, 0.5) is 0 Å². The molecular weight excluding hydrogens is 230 g/mol. The fourth-order valence-corrected chi connectivity index (χ4v) is 2.53. The zero-order valence-corrected chi connectivity index (χ0v) is 11.4. The summed E-state index contributed by atoms with van der Waals surface area (Å²) < 4.78 is 0. The van der Waals surface area contributed by atoms with Crippen LogP contribution in [0.2, 0.25) is 0 Å². The lowest BCUT2D eigenvalue weighted by Gasteiger charge is -2.28. The smallest absolute Gasteiger partial charge is 0.306 e. The number of rotatable bonds is 6. The Hall–Kier alpha value is -1.06. The highest BCUT2D eigenvalue weighted by Gasteiger charge is 2.28. The van der Waals surface area contributed by atoms with Gasteiger partial charge >= 0.3 is 5.97 Å². The zero-order chi connectivity index (χ0) is 13.5. The lowest BCUT2D eigenvalue weighted by molar-refractivity contribution is -0.143. The summed E-state index contributed by atoms with van der Waals surface area (Å²) in [5, 5.41) is 12.0. The Balaban J connectivity index is 2.37. The van der Waals surface area contributed by atoms with Gasteiger partial charge in [-0.3, -0.25) is 9.59 Å². The molecule has 4 heteroatoms. The average Bonchev–Trinajstić information content (AvgIpc) is 2.36. The van der Waals surface area contributed by atoms with Gasteiger partial charge in [-0.1, -0.05) is 33.1 Å². The Morgan fingerprint density at radius 3 is 2.72 bits per heavy atom. The van der Waals surface area contributed by atoms with Gasteiger partial charge < -0.3 is 10.4 Å². The average molecular weight is 255 g/mol. The van der Waals surface area contributed by atoms with E-state index in [0.717, 1.165) is 38.5 Å². The molecule has 1 amide bonds. The van der Waals surface area contributed by atoms with Crippen molar-refractivity contribution in [3.05, 3.63) is 0 Å². The van der Waals surface area contributed by atoms with Crippen LogP contribution in [0.5, 0.6) is 0 Å². The lowest BCUT2D eigenvalue weighted by Crippen LogP contribution is -2.42. The standard InChI is InChI=1S/C14H25NO3/c1-3-4-6-10(2)13(16)15-12-8-5-7-11(9-12)14(17)18/h10-12H,3-9H2,1-2H3,(H,15,16)(H,17,18). The number of carbonyl (C=O) groups excluding carboxylic acids is 1. The molecule has 4 nitrogen and oxygen atoms in total. The number of carbonyl (C=O) groups is 2. The summed E-state index contributed by atoms with van der Waals surface area (Å²) in [5.41, 5.74) is 0. The number of hydrogen-bond donors (Lipinski definition) is 2. The van der Waals surface area contributed by atoms with Crippen molar-refractivity contribution in [2.45, 2.75) is 64.8 Å². The van der Waals surface area contributed by atoms with Gasteiger partial charge in [-0.05, 0) is 25.7 Å². The minimum atomic E-state index is -0.729. The maximum atomic E-state index is 11.9. The molecule has 1 fully saturated rings. The molecule has 0 aromatic carbocycles. The molecule has 18 heavy (non-hydrogen) atoms. The third-order valence-electron chi connectivity index (χ3n) is 3.81. The second kappa shape index (κ2) is 7.39. The highest BCUT2D eigenvalue weighted by atomic mass is 16.4. The molecule has 1 aliphatic rings. The summed E-state index contributed by atoms with van der Waals surface area (Å²) in [5.74, 6) is -0.891. The molecule has 1 rings (SSSR count). The van der Waals surface area contributed by atoms with E-state index in [2.05, 4.69) is 12.2 Å². The van der Waals surface area contributed by atoms with Crippen LogP contribution in [0.3, 0.4) is 0 Å². The molecule has 3 unspecified atom stereocenters. The highest BCUT2D eigenvalue weighted by molar-refractivity contribution is 5.78. The topological polar surface area (TPSA) is 66.4 Å². The molecule has 2 N–H and O–H groups in total. The number of amides is 1. The second-order valence-electron chi connectivity index (χ2n) is 5.45. The lowest BCUT2D eigenvalue weighted by atomic mass is 9.85. The van der Waals surface area contributed by atoms with Crippen LogP contribution in [0.25, 0.3) is 0 Å². The van der Waals surface area contributed by atoms with Crippen molar-refractivity contribution >= 4 is 11.9 Å². The maximum absolute atomic E-state index is 11.9. The van der Waals surface area contributed by atoms with Crippen molar-refractivity contribution in [2.24, 2.45) is 11.8 Å². The summed E-state index contributed by atoms with van der Waals surface area (Å²) in [4.78, 5) is 22.9. The Kier molecular flexibility index (Phi) is 6.16. The molecular formula is C14H25NO3. The van der Waals surface area contributed by atoms with Gasteiger partial charge in [0.1, 0.15) is 0 Å². The van der Waals surface area contributed by atoms with Gasteiger partial charge in [-0.2, -0.15) is 0 Å². The molecule has 1 saturated carbocycles. The van der Waals surface area contributed by atoms with Crippen molar-refractivity contribution in [3.8, 4) is 0 Å². The summed E-state index contributed by atoms with van der Waals surface area (Å²) in [6.07, 6.45) is 6.21. The maximum Gasteiger partial charge on any atom is 0.306 e. The van der Waals surface area contributed by atoms with Crippen LogP contribution in [0, 0.1) is 11.8 Å². The van der Waals surface area contributed by atoms with Gasteiger partial charge in [-0.25, -0.2) is 0 Å². The van der Waals surface area contributed by atoms with Crippen molar-refractivity contribution in [1.82, 2.24) is 5.32 Å². The largest absolute Gasteiger partial charge is 0.481 e. The quantitative estimate of drug-likeness (QED) is 0.766. The molecule has 0 radical (unpaired) electrons. The van der Waals surface area contributed by atoms with Gasteiger partial charge in [0, 0.05) is 12.0 Å². The summed E-state index contributed by atoms with van der Waals surface area (Å²) in [6, 6.07) is 0.0522. The molecule has 0 aromatic rings. The third kappa shape index (κ3) is 4.67. The molecule has 3 atom stereocenters. The number of carboxylic acids is 1. The Labute approximate surface area is 109 Å². The van der Waals surface area contributed by atoms with Crippen LogP contribution in [-0.2, 0) is 9.59 Å². The van der Waals surface area contributed by atoms with E-state index in [1.54, 1.807) is 0 Å². The first-order valence-electron chi connectivity index (χ1n) is 7.07. The monoisotopic (exact) mass is 255 g/mol. The molecule has 0 spiro atoms. The van der Waals surface area contributed by atoms with Gasteiger partial charge in [0.15, 0.2) is 0 Å². The van der Waals surface area contributed by atoms with Crippen molar-refractivity contribution in [3.63, 3.8) is 0 Å². The van der Waals surface area contributed by atoms with Crippen molar-refractivity contribution in [2.75, 3.05) is 0 Å². The predicted octanol–water partition coefficient (Wildman–Crippen LogP) is 2.57. The van der Waals surface area contributed by atoms with Crippen LogP contribution >= 0.6 is 0 Å². The van der Waals surface area contributed by atoms with Gasteiger partial charge in [0.05, 0.1) is 5.92 Å². The number of carboxylic acid groups (broad SMARTS) is 1. The first-order valence-corrected chi connectivity index (χ1v) is 7.07. The van der Waals surface area contributed by atoms with Crippen molar-refractivity contribution in [1.29, 1.82) is 0 Å². The van der Waals surface area contributed by atoms with Crippen LogP contribution in [0.15, 0.2) is 0 Å². The third-order valence-corrected chi connectivity index (χ3v) is 3.81. The predicted molar refractivity (Wildman–Crippen MR) is 70.2 cm³/mol. The second-order valence-corrected chi connectivity index (χ2v) is 5.45. The number of aliphatic carboxylic acids is 1. The Morgan fingerprint density at radius 1 is 1.39 bits per heavy atom. The normalized spacial score (nSPS) is 25.4. The van der Waals surface area contributed by atoms with E-state index in [1.165, 1.54) is 0 Å². The van der Waals surface area contributed by atoms with E-state index in [9.17, 15) is 9.59 Å². The minimum absolute atomic E-state index is 0.0372. The van der Waals surface area contributed by atoms with Gasteiger partial charge in [0.2, 0.25) is 5.91 Å². The number of hydrogen-bond acceptors (Lipinski definition) is 2. The van der Waals surface area contributed by atoms with E-state index in [0.29, 0.717) is 6.42 Å². The van der Waals surface area contributed by atoms with Crippen LogP contribution in [0.1, 0.15) is 58.8 Å². The number of nitrogens with one attached hydrogen (secondary N) is 1. The van der Waals surface area contributed by atoms with E-state index in [4.69, 9.17) is 5.11 Å². The van der Waals surface area contributed by atoms with Crippen LogP contribution in [-0.4, -0.2) is 23.0 Å². The molecule has 1 aliphatic carbocycles. The molecule has 0 aromatic heterocycles. The van der Waals surface area contributed by atoms with Crippen molar-refractivity contribution < 1.29 is 14.7 Å². The van der Waals surface area contributed by atoms with E-state index >= 15 is 0 Å². The van der Waals surface area contributed by atoms with E-state index in [1.807, 2.05) is 6.92 Å². The molecule has 0 aliphatic heterocycles. The van der Waals surface area contributed by atoms with E-state index < -0.39 is 5.97 Å².